The normalized spacial score (nSPS) is 21.4. The van der Waals surface area contributed by atoms with Gasteiger partial charge in [0.05, 0.1) is 6.04 Å². The Balaban J connectivity index is 2.09. The molecule has 1 unspecified atom stereocenters. The highest BCUT2D eigenvalue weighted by Crippen LogP contribution is 2.13. The van der Waals surface area contributed by atoms with E-state index < -0.39 is 0 Å². The van der Waals surface area contributed by atoms with Crippen molar-refractivity contribution in [1.82, 2.24) is 15.2 Å². The van der Waals surface area contributed by atoms with E-state index in [4.69, 9.17) is 5.73 Å². The van der Waals surface area contributed by atoms with Gasteiger partial charge in [-0.3, -0.25) is 14.7 Å². The Kier molecular flexibility index (Phi) is 4.66. The van der Waals surface area contributed by atoms with E-state index in [1.54, 1.807) is 6.20 Å². The highest BCUT2D eigenvalue weighted by molar-refractivity contribution is 5.81. The lowest BCUT2D eigenvalue weighted by molar-refractivity contribution is -0.125. The molecule has 2 heterocycles. The summed E-state index contributed by atoms with van der Waals surface area (Å²) < 4.78 is 0. The smallest absolute Gasteiger partial charge is 0.237 e. The number of nitrogens with two attached hydrogens (primary N) is 1. The molecular weight excluding hydrogens is 228 g/mol. The van der Waals surface area contributed by atoms with Gasteiger partial charge in [0, 0.05) is 32.0 Å². The molecule has 1 saturated heterocycles. The number of carbonyl (C=O) groups excluding carboxylic acids is 1. The van der Waals surface area contributed by atoms with E-state index in [1.165, 1.54) is 0 Å². The minimum absolute atomic E-state index is 0.0989. The van der Waals surface area contributed by atoms with E-state index in [0.29, 0.717) is 13.0 Å². The van der Waals surface area contributed by atoms with E-state index in [1.807, 2.05) is 18.3 Å². The van der Waals surface area contributed by atoms with Crippen molar-refractivity contribution in [2.75, 3.05) is 19.6 Å². The Morgan fingerprint density at radius 3 is 3.17 bits per heavy atom. The third-order valence-corrected chi connectivity index (χ3v) is 3.21. The van der Waals surface area contributed by atoms with Crippen LogP contribution in [0.25, 0.3) is 0 Å². The molecule has 0 spiro atoms. The molecule has 18 heavy (non-hydrogen) atoms. The zero-order valence-electron chi connectivity index (χ0n) is 10.5. The van der Waals surface area contributed by atoms with Crippen LogP contribution in [-0.2, 0) is 11.3 Å². The fourth-order valence-electron chi connectivity index (χ4n) is 2.32. The molecule has 1 aliphatic heterocycles. The molecule has 1 aliphatic rings. The summed E-state index contributed by atoms with van der Waals surface area (Å²) >= 11 is 0. The molecule has 1 aromatic rings. The number of nitrogens with zero attached hydrogens (tertiary/aromatic N) is 2. The maximum absolute atomic E-state index is 12.0. The Bertz CT molecular complexity index is 382. The Morgan fingerprint density at radius 2 is 2.44 bits per heavy atom. The fraction of sp³-hybridized carbons (Fsp3) is 0.538. The second-order valence-corrected chi connectivity index (χ2v) is 4.57. The van der Waals surface area contributed by atoms with Crippen molar-refractivity contribution in [3.8, 4) is 0 Å². The van der Waals surface area contributed by atoms with Crippen LogP contribution in [0.15, 0.2) is 24.5 Å². The first-order chi connectivity index (χ1) is 8.81. The van der Waals surface area contributed by atoms with E-state index in [9.17, 15) is 4.79 Å². The van der Waals surface area contributed by atoms with Crippen LogP contribution in [0, 0.1) is 0 Å². The van der Waals surface area contributed by atoms with Crippen molar-refractivity contribution in [2.24, 2.45) is 5.73 Å². The first-order valence-corrected chi connectivity index (χ1v) is 6.42. The summed E-state index contributed by atoms with van der Waals surface area (Å²) in [6, 6.07) is 3.85. The molecule has 0 bridgehead atoms. The van der Waals surface area contributed by atoms with Gasteiger partial charge in [0.15, 0.2) is 0 Å². The topological polar surface area (TPSA) is 71.2 Å². The summed E-state index contributed by atoms with van der Waals surface area (Å²) in [6.07, 6.45) is 5.29. The minimum Gasteiger partial charge on any atom is -0.355 e. The van der Waals surface area contributed by atoms with Crippen LogP contribution in [0.2, 0.25) is 0 Å². The lowest BCUT2D eigenvalue weighted by Crippen LogP contribution is -2.44. The predicted molar refractivity (Wildman–Crippen MR) is 69.7 cm³/mol. The quantitative estimate of drug-likeness (QED) is 0.794. The van der Waals surface area contributed by atoms with Gasteiger partial charge in [-0.2, -0.15) is 0 Å². The second kappa shape index (κ2) is 6.47. The number of hydrogen-bond donors (Lipinski definition) is 2. The summed E-state index contributed by atoms with van der Waals surface area (Å²) in [4.78, 5) is 18.3. The number of amides is 1. The molecule has 0 saturated carbocycles. The van der Waals surface area contributed by atoms with Crippen molar-refractivity contribution >= 4 is 5.91 Å². The number of nitrogens with one attached hydrogen (secondary N) is 1. The minimum atomic E-state index is -0.113. The van der Waals surface area contributed by atoms with Crippen LogP contribution in [0.5, 0.6) is 0 Å². The van der Waals surface area contributed by atoms with E-state index in [-0.39, 0.29) is 11.9 Å². The van der Waals surface area contributed by atoms with Crippen molar-refractivity contribution < 1.29 is 4.79 Å². The number of carbonyl (C=O) groups is 1. The SMILES string of the molecule is NCCC1C(=O)NCCCN1Cc1cccnc1. The third-order valence-electron chi connectivity index (χ3n) is 3.21. The van der Waals surface area contributed by atoms with Gasteiger partial charge in [0.1, 0.15) is 0 Å². The molecule has 1 aromatic heterocycles. The van der Waals surface area contributed by atoms with Crippen molar-refractivity contribution in [2.45, 2.75) is 25.4 Å². The van der Waals surface area contributed by atoms with Crippen LogP contribution in [0.3, 0.4) is 0 Å². The predicted octanol–water partition coefficient (Wildman–Crippen LogP) is 0.121. The standard InChI is InChI=1S/C13H20N4O/c14-5-4-12-13(18)16-7-2-8-17(12)10-11-3-1-6-15-9-11/h1,3,6,9,12H,2,4-5,7-8,10,14H2,(H,16,18). The maximum atomic E-state index is 12.0. The molecule has 1 amide bonds. The number of hydrogen-bond acceptors (Lipinski definition) is 4. The summed E-state index contributed by atoms with van der Waals surface area (Å²) in [6.45, 7) is 2.95. The molecule has 2 rings (SSSR count). The first-order valence-electron chi connectivity index (χ1n) is 6.42. The molecular formula is C13H20N4O. The Hall–Kier alpha value is -1.46. The highest BCUT2D eigenvalue weighted by Gasteiger charge is 2.27. The average molecular weight is 248 g/mol. The second-order valence-electron chi connectivity index (χ2n) is 4.57. The third kappa shape index (κ3) is 3.27. The monoisotopic (exact) mass is 248 g/mol. The van der Waals surface area contributed by atoms with Crippen LogP contribution in [-0.4, -0.2) is 41.5 Å². The number of pyridine rings is 1. The van der Waals surface area contributed by atoms with Gasteiger partial charge in [-0.25, -0.2) is 0 Å². The van der Waals surface area contributed by atoms with Gasteiger partial charge in [-0.1, -0.05) is 6.07 Å². The van der Waals surface area contributed by atoms with Crippen LogP contribution < -0.4 is 11.1 Å². The summed E-state index contributed by atoms with van der Waals surface area (Å²) in [5.74, 6) is 0.0989. The molecule has 5 heteroatoms. The van der Waals surface area contributed by atoms with Crippen molar-refractivity contribution in [3.63, 3.8) is 0 Å². The highest BCUT2D eigenvalue weighted by atomic mass is 16.2. The number of rotatable bonds is 4. The summed E-state index contributed by atoms with van der Waals surface area (Å²) in [5.41, 5.74) is 6.74. The first kappa shape index (κ1) is 13.0. The van der Waals surface area contributed by atoms with Gasteiger partial charge in [-0.05, 0) is 31.0 Å². The Morgan fingerprint density at radius 1 is 1.56 bits per heavy atom. The molecule has 1 fully saturated rings. The van der Waals surface area contributed by atoms with Crippen LogP contribution >= 0.6 is 0 Å². The average Bonchev–Trinajstić information content (AvgIpc) is 2.56. The molecule has 3 N–H and O–H groups in total. The van der Waals surface area contributed by atoms with Crippen molar-refractivity contribution in [3.05, 3.63) is 30.1 Å². The molecule has 1 atom stereocenters. The zero-order chi connectivity index (χ0) is 12.8. The van der Waals surface area contributed by atoms with Crippen LogP contribution in [0.4, 0.5) is 0 Å². The lowest BCUT2D eigenvalue weighted by atomic mass is 10.1. The van der Waals surface area contributed by atoms with Gasteiger partial charge in [0.25, 0.3) is 0 Å². The number of aromatic nitrogens is 1. The molecule has 98 valence electrons. The van der Waals surface area contributed by atoms with Crippen LogP contribution in [0.1, 0.15) is 18.4 Å². The van der Waals surface area contributed by atoms with Crippen molar-refractivity contribution in [1.29, 1.82) is 0 Å². The Labute approximate surface area is 107 Å². The van der Waals surface area contributed by atoms with E-state index in [2.05, 4.69) is 15.2 Å². The van der Waals surface area contributed by atoms with Gasteiger partial charge >= 0.3 is 0 Å². The van der Waals surface area contributed by atoms with E-state index >= 15 is 0 Å². The zero-order valence-corrected chi connectivity index (χ0v) is 10.5. The molecule has 0 aromatic carbocycles. The summed E-state index contributed by atoms with van der Waals surface area (Å²) in [5, 5.41) is 2.94. The van der Waals surface area contributed by atoms with Gasteiger partial charge in [-0.15, -0.1) is 0 Å². The van der Waals surface area contributed by atoms with Gasteiger partial charge in [0.2, 0.25) is 5.91 Å². The lowest BCUT2D eigenvalue weighted by Gasteiger charge is -2.27. The maximum Gasteiger partial charge on any atom is 0.237 e. The molecule has 0 radical (unpaired) electrons. The molecule has 0 aliphatic carbocycles. The van der Waals surface area contributed by atoms with E-state index in [0.717, 1.165) is 31.6 Å². The fourth-order valence-corrected chi connectivity index (χ4v) is 2.32. The van der Waals surface area contributed by atoms with Gasteiger partial charge < -0.3 is 11.1 Å². The summed E-state index contributed by atoms with van der Waals surface area (Å²) in [7, 11) is 0. The largest absolute Gasteiger partial charge is 0.355 e. The molecule has 5 nitrogen and oxygen atoms in total.